The van der Waals surface area contributed by atoms with E-state index in [0.29, 0.717) is 12.8 Å². The zero-order chi connectivity index (χ0) is 25.9. The van der Waals surface area contributed by atoms with E-state index < -0.39 is 65.9 Å². The van der Waals surface area contributed by atoms with Crippen molar-refractivity contribution in [1.29, 1.82) is 0 Å². The van der Waals surface area contributed by atoms with Gasteiger partial charge >= 0.3 is 0 Å². The molecule has 0 aliphatic heterocycles. The van der Waals surface area contributed by atoms with Crippen LogP contribution in [0.5, 0.6) is 0 Å². The van der Waals surface area contributed by atoms with Gasteiger partial charge in [-0.05, 0) is 20.3 Å². The molecule has 194 valence electrons. The minimum absolute atomic E-state index is 0.155. The Morgan fingerprint density at radius 2 is 1.24 bits per heavy atom. The summed E-state index contributed by atoms with van der Waals surface area (Å²) >= 11 is 0. The molecule has 0 fully saturated rings. The first-order chi connectivity index (χ1) is 15.3. The smallest absolute Gasteiger partial charge is 0.194 e. The molecule has 0 aliphatic rings. The lowest BCUT2D eigenvalue weighted by Crippen LogP contribution is -2.71. The SMILES string of the molecule is CCCCCCCCCCC(C(=O)C(C)(O)CO)C(N)(C(=O)C(O)CO)C(=O)C(C)(O)CO. The molecule has 0 aromatic rings. The Morgan fingerprint density at radius 1 is 0.788 bits per heavy atom. The molecule has 0 rings (SSSR count). The molecule has 5 unspecified atom stereocenters. The molecule has 0 aliphatic carbocycles. The molecule has 10 heteroatoms. The molecule has 0 aromatic heterocycles. The lowest BCUT2D eigenvalue weighted by molar-refractivity contribution is -0.163. The van der Waals surface area contributed by atoms with Crippen LogP contribution in [0, 0.1) is 5.92 Å². The standard InChI is InChI=1S/C23H43NO9/c1-4-5-6-7-8-9-10-11-12-16(18(29)21(2,32)14-26)23(24,19(30)17(28)13-25)20(31)22(3,33)15-27/h16-17,25-28,32-33H,4-15,24H2,1-3H3. The number of hydrogen-bond acceptors (Lipinski definition) is 10. The highest BCUT2D eigenvalue weighted by molar-refractivity contribution is 6.19. The topological polar surface area (TPSA) is 199 Å². The maximum atomic E-state index is 13.1. The summed E-state index contributed by atoms with van der Waals surface area (Å²) in [4.78, 5) is 39.2. The number of rotatable bonds is 19. The normalized spacial score (nSPS) is 19.1. The average Bonchev–Trinajstić information content (AvgIpc) is 2.80. The van der Waals surface area contributed by atoms with E-state index in [-0.39, 0.29) is 6.42 Å². The van der Waals surface area contributed by atoms with Crippen molar-refractivity contribution < 1.29 is 45.0 Å². The zero-order valence-corrected chi connectivity index (χ0v) is 20.1. The summed E-state index contributed by atoms with van der Waals surface area (Å²) in [7, 11) is 0. The Kier molecular flexibility index (Phi) is 13.7. The van der Waals surface area contributed by atoms with E-state index >= 15 is 0 Å². The molecule has 0 amide bonds. The fraction of sp³-hybridized carbons (Fsp3) is 0.870. The zero-order valence-electron chi connectivity index (χ0n) is 20.1. The van der Waals surface area contributed by atoms with E-state index in [0.717, 1.165) is 52.4 Å². The number of Topliss-reactive ketones (excluding diaryl/α,β-unsaturated/α-hetero) is 3. The predicted octanol–water partition coefficient (Wildman–Crippen LogP) is -0.622. The molecule has 0 saturated heterocycles. The molecule has 8 N–H and O–H groups in total. The Morgan fingerprint density at radius 3 is 1.67 bits per heavy atom. The van der Waals surface area contributed by atoms with Gasteiger partial charge in [-0.3, -0.25) is 14.4 Å². The van der Waals surface area contributed by atoms with Crippen molar-refractivity contribution in [1.82, 2.24) is 0 Å². The van der Waals surface area contributed by atoms with Gasteiger partial charge in [-0.15, -0.1) is 0 Å². The Balaban J connectivity index is 6.01. The van der Waals surface area contributed by atoms with Crippen molar-refractivity contribution in [3.63, 3.8) is 0 Å². The van der Waals surface area contributed by atoms with E-state index in [1.807, 2.05) is 0 Å². The molecule has 5 atom stereocenters. The second-order valence-electron chi connectivity index (χ2n) is 9.31. The van der Waals surface area contributed by atoms with Crippen LogP contribution in [0.4, 0.5) is 0 Å². The van der Waals surface area contributed by atoms with Crippen molar-refractivity contribution in [2.45, 2.75) is 101 Å². The molecule has 0 heterocycles. The minimum atomic E-state index is -2.86. The minimum Gasteiger partial charge on any atom is -0.393 e. The van der Waals surface area contributed by atoms with Gasteiger partial charge in [0, 0.05) is 0 Å². The van der Waals surface area contributed by atoms with Crippen molar-refractivity contribution in [2.75, 3.05) is 19.8 Å². The summed E-state index contributed by atoms with van der Waals surface area (Å²) in [5.41, 5.74) is -1.59. The summed E-state index contributed by atoms with van der Waals surface area (Å²) in [6.07, 6.45) is 4.89. The third kappa shape index (κ3) is 8.47. The van der Waals surface area contributed by atoms with Gasteiger partial charge in [0.25, 0.3) is 0 Å². The number of unbranched alkanes of at least 4 members (excludes halogenated alkanes) is 7. The third-order valence-electron chi connectivity index (χ3n) is 6.11. The molecule has 10 nitrogen and oxygen atoms in total. The summed E-state index contributed by atoms with van der Waals surface area (Å²) in [5, 5.41) is 58.8. The molecule has 0 bridgehead atoms. The number of carbonyl (C=O) groups excluding carboxylic acids is 3. The van der Waals surface area contributed by atoms with Gasteiger partial charge in [-0.2, -0.15) is 0 Å². The monoisotopic (exact) mass is 477 g/mol. The number of ketones is 3. The van der Waals surface area contributed by atoms with Crippen LogP contribution in [0.2, 0.25) is 0 Å². The lowest BCUT2D eigenvalue weighted by atomic mass is 9.66. The molecule has 0 aromatic carbocycles. The van der Waals surface area contributed by atoms with Crippen molar-refractivity contribution in [2.24, 2.45) is 11.7 Å². The predicted molar refractivity (Wildman–Crippen MR) is 121 cm³/mol. The molecule has 0 spiro atoms. The van der Waals surface area contributed by atoms with Gasteiger partial charge < -0.3 is 36.4 Å². The highest BCUT2D eigenvalue weighted by Gasteiger charge is 2.59. The summed E-state index contributed by atoms with van der Waals surface area (Å²) in [6.45, 7) is 0.776. The van der Waals surface area contributed by atoms with Crippen LogP contribution < -0.4 is 5.73 Å². The second-order valence-corrected chi connectivity index (χ2v) is 9.31. The first-order valence-corrected chi connectivity index (χ1v) is 11.7. The average molecular weight is 478 g/mol. The summed E-state index contributed by atoms with van der Waals surface area (Å²) < 4.78 is 0. The Bertz CT molecular complexity index is 635. The lowest BCUT2D eigenvalue weighted by Gasteiger charge is -2.40. The first kappa shape index (κ1) is 31.7. The highest BCUT2D eigenvalue weighted by atomic mass is 16.3. The van der Waals surface area contributed by atoms with E-state index in [4.69, 9.17) is 5.73 Å². The van der Waals surface area contributed by atoms with Gasteiger partial charge in [-0.25, -0.2) is 0 Å². The van der Waals surface area contributed by atoms with E-state index in [2.05, 4.69) is 6.92 Å². The van der Waals surface area contributed by atoms with Gasteiger partial charge in [-0.1, -0.05) is 58.3 Å². The van der Waals surface area contributed by atoms with Crippen molar-refractivity contribution in [3.8, 4) is 0 Å². The highest BCUT2D eigenvalue weighted by Crippen LogP contribution is 2.32. The van der Waals surface area contributed by atoms with Gasteiger partial charge in [0.15, 0.2) is 17.3 Å². The second kappa shape index (κ2) is 14.2. The van der Waals surface area contributed by atoms with Crippen LogP contribution in [0.3, 0.4) is 0 Å². The first-order valence-electron chi connectivity index (χ1n) is 11.7. The van der Waals surface area contributed by atoms with E-state index in [1.54, 1.807) is 0 Å². The van der Waals surface area contributed by atoms with Crippen LogP contribution in [-0.2, 0) is 14.4 Å². The molecule has 0 saturated carbocycles. The maximum Gasteiger partial charge on any atom is 0.194 e. The Labute approximate surface area is 195 Å². The van der Waals surface area contributed by atoms with E-state index in [1.165, 1.54) is 0 Å². The van der Waals surface area contributed by atoms with E-state index in [9.17, 15) is 45.0 Å². The number of aliphatic hydroxyl groups excluding tert-OH is 4. The molecule has 33 heavy (non-hydrogen) atoms. The van der Waals surface area contributed by atoms with Crippen LogP contribution in [-0.4, -0.2) is 90.7 Å². The number of aliphatic hydroxyl groups is 6. The largest absolute Gasteiger partial charge is 0.393 e. The summed E-state index contributed by atoms with van der Waals surface area (Å²) in [5.74, 6) is -5.69. The molecular weight excluding hydrogens is 434 g/mol. The number of hydrogen-bond donors (Lipinski definition) is 7. The van der Waals surface area contributed by atoms with Crippen LogP contribution in [0.25, 0.3) is 0 Å². The van der Waals surface area contributed by atoms with Gasteiger partial charge in [0.05, 0.1) is 25.7 Å². The summed E-state index contributed by atoms with van der Waals surface area (Å²) in [6, 6.07) is 0. The van der Waals surface area contributed by atoms with Crippen LogP contribution in [0.15, 0.2) is 0 Å². The maximum absolute atomic E-state index is 13.1. The third-order valence-corrected chi connectivity index (χ3v) is 6.11. The Hall–Kier alpha value is -1.27. The fourth-order valence-electron chi connectivity index (χ4n) is 3.82. The quantitative estimate of drug-likeness (QED) is 0.0929. The number of carbonyl (C=O) groups is 3. The molecule has 0 radical (unpaired) electrons. The van der Waals surface area contributed by atoms with Crippen LogP contribution >= 0.6 is 0 Å². The van der Waals surface area contributed by atoms with Crippen LogP contribution in [0.1, 0.15) is 78.6 Å². The molecular formula is C23H43NO9. The van der Waals surface area contributed by atoms with Gasteiger partial charge in [0.1, 0.15) is 22.8 Å². The number of nitrogens with two attached hydrogens (primary N) is 1. The fourth-order valence-corrected chi connectivity index (χ4v) is 3.82. The van der Waals surface area contributed by atoms with Gasteiger partial charge in [0.2, 0.25) is 0 Å². The van der Waals surface area contributed by atoms with Crippen molar-refractivity contribution >= 4 is 17.3 Å². The van der Waals surface area contributed by atoms with Crippen molar-refractivity contribution in [3.05, 3.63) is 0 Å².